The number of hydrogen-bond acceptors (Lipinski definition) is 2. The van der Waals surface area contributed by atoms with Crippen LogP contribution in [-0.2, 0) is 6.42 Å². The van der Waals surface area contributed by atoms with E-state index in [-0.39, 0.29) is 24.0 Å². The van der Waals surface area contributed by atoms with Gasteiger partial charge < -0.3 is 15.6 Å². The van der Waals surface area contributed by atoms with Crippen molar-refractivity contribution in [3.63, 3.8) is 0 Å². The van der Waals surface area contributed by atoms with Crippen LogP contribution in [0.15, 0.2) is 41.9 Å². The van der Waals surface area contributed by atoms with Crippen LogP contribution in [0.2, 0.25) is 0 Å². The molecule has 5 nitrogen and oxygen atoms in total. The molecule has 3 N–H and O–H groups in total. The Labute approximate surface area is 148 Å². The third kappa shape index (κ3) is 5.67. The lowest BCUT2D eigenvalue weighted by molar-refractivity contribution is 0.779. The van der Waals surface area contributed by atoms with Crippen LogP contribution in [0.5, 0.6) is 0 Å². The molecule has 0 fully saturated rings. The highest BCUT2D eigenvalue weighted by molar-refractivity contribution is 14.0. The Bertz CT molecular complexity index is 572. The SMILES string of the molecule is C=CCNC(=NCCCc1nc2ccccc2[nH]1)NCC.I. The van der Waals surface area contributed by atoms with Crippen LogP contribution in [0, 0.1) is 0 Å². The minimum absolute atomic E-state index is 0. The number of rotatable bonds is 7. The molecule has 0 bridgehead atoms. The number of H-pyrrole nitrogens is 1. The number of hydrogen-bond donors (Lipinski definition) is 3. The minimum Gasteiger partial charge on any atom is -0.357 e. The molecule has 0 amide bonds. The average Bonchev–Trinajstić information content (AvgIpc) is 2.91. The van der Waals surface area contributed by atoms with E-state index in [1.165, 1.54) is 0 Å². The number of aromatic nitrogens is 2. The third-order valence-corrected chi connectivity index (χ3v) is 3.04. The molecular weight excluding hydrogens is 389 g/mol. The standard InChI is InChI=1S/C16H23N5.HI/c1-3-11-18-16(17-4-2)19-12-7-10-15-20-13-8-5-6-9-14(13)21-15;/h3,5-6,8-9H,1,4,7,10-12H2,2H3,(H,20,21)(H2,17,18,19);1H. The highest BCUT2D eigenvalue weighted by Crippen LogP contribution is 2.11. The molecule has 1 aromatic carbocycles. The third-order valence-electron chi connectivity index (χ3n) is 3.04. The van der Waals surface area contributed by atoms with E-state index in [0.29, 0.717) is 0 Å². The van der Waals surface area contributed by atoms with Crippen molar-refractivity contribution in [3.05, 3.63) is 42.7 Å². The highest BCUT2D eigenvalue weighted by Gasteiger charge is 2.01. The van der Waals surface area contributed by atoms with Gasteiger partial charge in [-0.2, -0.15) is 0 Å². The maximum atomic E-state index is 4.57. The molecular formula is C16H24IN5. The monoisotopic (exact) mass is 413 g/mol. The van der Waals surface area contributed by atoms with Gasteiger partial charge in [0.05, 0.1) is 11.0 Å². The second-order valence-corrected chi connectivity index (χ2v) is 4.73. The van der Waals surface area contributed by atoms with E-state index >= 15 is 0 Å². The molecule has 0 radical (unpaired) electrons. The van der Waals surface area contributed by atoms with Gasteiger partial charge in [-0.25, -0.2) is 4.98 Å². The molecule has 0 saturated carbocycles. The van der Waals surface area contributed by atoms with Gasteiger partial charge in [0.15, 0.2) is 5.96 Å². The maximum absolute atomic E-state index is 4.57. The molecule has 120 valence electrons. The first-order valence-electron chi connectivity index (χ1n) is 7.40. The highest BCUT2D eigenvalue weighted by atomic mass is 127. The zero-order chi connectivity index (χ0) is 14.9. The lowest BCUT2D eigenvalue weighted by Gasteiger charge is -2.08. The van der Waals surface area contributed by atoms with Crippen molar-refractivity contribution in [2.24, 2.45) is 4.99 Å². The summed E-state index contributed by atoms with van der Waals surface area (Å²) in [6, 6.07) is 8.09. The Morgan fingerprint density at radius 2 is 2.18 bits per heavy atom. The maximum Gasteiger partial charge on any atom is 0.191 e. The lowest BCUT2D eigenvalue weighted by Crippen LogP contribution is -2.37. The van der Waals surface area contributed by atoms with Crippen molar-refractivity contribution >= 4 is 41.0 Å². The molecule has 0 aliphatic rings. The molecule has 1 heterocycles. The second kappa shape index (κ2) is 10.2. The molecule has 1 aromatic heterocycles. The topological polar surface area (TPSA) is 65.1 Å². The van der Waals surface area contributed by atoms with Crippen LogP contribution >= 0.6 is 24.0 Å². The number of nitrogens with one attached hydrogen (secondary N) is 3. The Hall–Kier alpha value is -1.57. The minimum atomic E-state index is 0. The molecule has 6 heteroatoms. The normalized spacial score (nSPS) is 11.0. The van der Waals surface area contributed by atoms with Crippen LogP contribution in [0.4, 0.5) is 0 Å². The van der Waals surface area contributed by atoms with Crippen molar-refractivity contribution in [2.75, 3.05) is 19.6 Å². The van der Waals surface area contributed by atoms with E-state index in [2.05, 4.69) is 39.1 Å². The zero-order valence-corrected chi connectivity index (χ0v) is 15.3. The first-order chi connectivity index (χ1) is 10.3. The van der Waals surface area contributed by atoms with E-state index in [9.17, 15) is 0 Å². The van der Waals surface area contributed by atoms with Gasteiger partial charge >= 0.3 is 0 Å². The largest absolute Gasteiger partial charge is 0.357 e. The van der Waals surface area contributed by atoms with Gasteiger partial charge in [0.2, 0.25) is 0 Å². The molecule has 0 atom stereocenters. The number of aromatic amines is 1. The molecule has 0 unspecified atom stereocenters. The number of fused-ring (bicyclic) bond motifs is 1. The van der Waals surface area contributed by atoms with Crippen LogP contribution in [0.25, 0.3) is 11.0 Å². The predicted molar refractivity (Wildman–Crippen MR) is 104 cm³/mol. The zero-order valence-electron chi connectivity index (χ0n) is 12.9. The van der Waals surface area contributed by atoms with Crippen molar-refractivity contribution in [1.29, 1.82) is 0 Å². The van der Waals surface area contributed by atoms with E-state index < -0.39 is 0 Å². The van der Waals surface area contributed by atoms with Gasteiger partial charge in [0.25, 0.3) is 0 Å². The first kappa shape index (κ1) is 18.5. The van der Waals surface area contributed by atoms with E-state index in [0.717, 1.165) is 55.3 Å². The number of nitrogens with zero attached hydrogens (tertiary/aromatic N) is 2. The van der Waals surface area contributed by atoms with E-state index in [1.807, 2.05) is 30.3 Å². The predicted octanol–water partition coefficient (Wildman–Crippen LogP) is 2.85. The smallest absolute Gasteiger partial charge is 0.191 e. The molecule has 22 heavy (non-hydrogen) atoms. The fourth-order valence-corrected chi connectivity index (χ4v) is 2.07. The van der Waals surface area contributed by atoms with Gasteiger partial charge in [0.1, 0.15) is 5.82 Å². The second-order valence-electron chi connectivity index (χ2n) is 4.73. The summed E-state index contributed by atoms with van der Waals surface area (Å²) < 4.78 is 0. The summed E-state index contributed by atoms with van der Waals surface area (Å²) in [5.74, 6) is 1.86. The summed E-state index contributed by atoms with van der Waals surface area (Å²) in [6.45, 7) is 8.09. The molecule has 0 spiro atoms. The van der Waals surface area contributed by atoms with Gasteiger partial charge in [-0.05, 0) is 25.5 Å². The number of para-hydroxylation sites is 2. The summed E-state index contributed by atoms with van der Waals surface area (Å²) in [5.41, 5.74) is 2.12. The Kier molecular flexibility index (Phi) is 8.57. The number of aliphatic imine (C=N–C) groups is 1. The van der Waals surface area contributed by atoms with E-state index in [1.54, 1.807) is 0 Å². The molecule has 0 aliphatic heterocycles. The average molecular weight is 413 g/mol. The van der Waals surface area contributed by atoms with E-state index in [4.69, 9.17) is 0 Å². The summed E-state index contributed by atoms with van der Waals surface area (Å²) in [5, 5.41) is 6.39. The Balaban J connectivity index is 0.00000242. The number of imidazole rings is 1. The van der Waals surface area contributed by atoms with Crippen LogP contribution in [0.3, 0.4) is 0 Å². The quantitative estimate of drug-likeness (QED) is 0.215. The van der Waals surface area contributed by atoms with Crippen LogP contribution < -0.4 is 10.6 Å². The molecule has 2 rings (SSSR count). The van der Waals surface area contributed by atoms with Gasteiger partial charge in [-0.15, -0.1) is 30.6 Å². The number of benzene rings is 1. The van der Waals surface area contributed by atoms with Gasteiger partial charge in [-0.1, -0.05) is 18.2 Å². The van der Waals surface area contributed by atoms with Gasteiger partial charge in [0, 0.05) is 26.1 Å². The summed E-state index contributed by atoms with van der Waals surface area (Å²) in [6.07, 6.45) is 3.69. The number of aryl methyl sites for hydroxylation is 1. The van der Waals surface area contributed by atoms with Gasteiger partial charge in [-0.3, -0.25) is 4.99 Å². The molecule has 0 aliphatic carbocycles. The van der Waals surface area contributed by atoms with Crippen molar-refractivity contribution < 1.29 is 0 Å². The summed E-state index contributed by atoms with van der Waals surface area (Å²) >= 11 is 0. The lowest BCUT2D eigenvalue weighted by atomic mass is 10.3. The van der Waals surface area contributed by atoms with Crippen LogP contribution in [-0.4, -0.2) is 35.6 Å². The van der Waals surface area contributed by atoms with Crippen molar-refractivity contribution in [2.45, 2.75) is 19.8 Å². The molecule has 0 saturated heterocycles. The number of guanidine groups is 1. The summed E-state index contributed by atoms with van der Waals surface area (Å²) in [7, 11) is 0. The molecule has 2 aromatic rings. The van der Waals surface area contributed by atoms with Crippen LogP contribution in [0.1, 0.15) is 19.2 Å². The fraction of sp³-hybridized carbons (Fsp3) is 0.375. The Morgan fingerprint density at radius 3 is 2.91 bits per heavy atom. The number of halogens is 1. The first-order valence-corrected chi connectivity index (χ1v) is 7.40. The Morgan fingerprint density at radius 1 is 1.36 bits per heavy atom. The van der Waals surface area contributed by atoms with Crippen molar-refractivity contribution in [3.8, 4) is 0 Å². The van der Waals surface area contributed by atoms with Crippen molar-refractivity contribution in [1.82, 2.24) is 20.6 Å². The summed E-state index contributed by atoms with van der Waals surface area (Å²) in [4.78, 5) is 12.4. The fourth-order valence-electron chi connectivity index (χ4n) is 2.07.